The zero-order valence-electron chi connectivity index (χ0n) is 6.41. The van der Waals surface area contributed by atoms with Crippen LogP contribution in [0.4, 0.5) is 0 Å². The highest BCUT2D eigenvalue weighted by molar-refractivity contribution is 5.07. The number of nitrogens with two attached hydrogens (primary N) is 1. The number of aromatic nitrogens is 2. The van der Waals surface area contributed by atoms with E-state index in [1.165, 1.54) is 0 Å². The van der Waals surface area contributed by atoms with E-state index in [0.29, 0.717) is 0 Å². The van der Waals surface area contributed by atoms with E-state index in [-0.39, 0.29) is 6.04 Å². The first kappa shape index (κ1) is 7.28. The number of aryl methyl sites for hydroxylation is 1. The molecule has 0 bridgehead atoms. The molecule has 3 heteroatoms. The molecule has 3 nitrogen and oxygen atoms in total. The lowest BCUT2D eigenvalue weighted by atomic mass is 10.2. The third-order valence-electron chi connectivity index (χ3n) is 1.50. The van der Waals surface area contributed by atoms with Gasteiger partial charge in [-0.2, -0.15) is 5.10 Å². The van der Waals surface area contributed by atoms with Crippen LogP contribution in [0, 0.1) is 0 Å². The van der Waals surface area contributed by atoms with Crippen molar-refractivity contribution in [1.29, 1.82) is 0 Å². The van der Waals surface area contributed by atoms with E-state index in [9.17, 15) is 0 Å². The van der Waals surface area contributed by atoms with E-state index in [4.69, 9.17) is 5.73 Å². The van der Waals surface area contributed by atoms with Crippen molar-refractivity contribution in [3.8, 4) is 0 Å². The predicted molar refractivity (Wildman–Crippen MR) is 40.5 cm³/mol. The molecular formula is C7H13N3. The van der Waals surface area contributed by atoms with Crippen LogP contribution >= 0.6 is 0 Å². The minimum absolute atomic E-state index is 0.0975. The molecule has 56 valence electrons. The zero-order chi connectivity index (χ0) is 7.56. The first-order valence-electron chi connectivity index (χ1n) is 3.52. The first-order valence-corrected chi connectivity index (χ1v) is 3.52. The molecule has 1 unspecified atom stereocenters. The standard InChI is InChI=1S/C7H13N3/c1-3-10-5-7(4-9-10)6(2)8/h4-6H,3,8H2,1-2H3. The fourth-order valence-electron chi connectivity index (χ4n) is 0.788. The van der Waals surface area contributed by atoms with Crippen LogP contribution in [0.5, 0.6) is 0 Å². The number of hydrogen-bond donors (Lipinski definition) is 1. The van der Waals surface area contributed by atoms with Gasteiger partial charge in [-0.15, -0.1) is 0 Å². The van der Waals surface area contributed by atoms with Gasteiger partial charge in [-0.3, -0.25) is 4.68 Å². The molecule has 0 saturated heterocycles. The third kappa shape index (κ3) is 1.36. The lowest BCUT2D eigenvalue weighted by Crippen LogP contribution is -2.03. The Hall–Kier alpha value is -0.830. The minimum atomic E-state index is 0.0975. The van der Waals surface area contributed by atoms with Crippen LogP contribution in [0.25, 0.3) is 0 Å². The summed E-state index contributed by atoms with van der Waals surface area (Å²) in [6, 6.07) is 0.0975. The molecule has 0 fully saturated rings. The predicted octanol–water partition coefficient (Wildman–Crippen LogP) is 0.923. The molecule has 0 aliphatic carbocycles. The first-order chi connectivity index (χ1) is 4.74. The average molecular weight is 139 g/mol. The summed E-state index contributed by atoms with van der Waals surface area (Å²) in [6.07, 6.45) is 3.79. The van der Waals surface area contributed by atoms with Crippen molar-refractivity contribution in [1.82, 2.24) is 9.78 Å². The zero-order valence-corrected chi connectivity index (χ0v) is 6.41. The summed E-state index contributed by atoms with van der Waals surface area (Å²) >= 11 is 0. The van der Waals surface area contributed by atoms with Crippen LogP contribution in [0.15, 0.2) is 12.4 Å². The highest BCUT2D eigenvalue weighted by Gasteiger charge is 2.00. The van der Waals surface area contributed by atoms with Crippen LogP contribution in [-0.2, 0) is 6.54 Å². The SMILES string of the molecule is CCn1cc(C(C)N)cn1. The molecule has 1 aromatic rings. The minimum Gasteiger partial charge on any atom is -0.324 e. The van der Waals surface area contributed by atoms with Gasteiger partial charge in [-0.25, -0.2) is 0 Å². The monoisotopic (exact) mass is 139 g/mol. The molecule has 0 aromatic carbocycles. The summed E-state index contributed by atoms with van der Waals surface area (Å²) in [5.41, 5.74) is 6.73. The Morgan fingerprint density at radius 2 is 2.50 bits per heavy atom. The molecule has 0 aliphatic heterocycles. The molecule has 10 heavy (non-hydrogen) atoms. The third-order valence-corrected chi connectivity index (χ3v) is 1.50. The molecule has 1 heterocycles. The Labute approximate surface area is 60.8 Å². The van der Waals surface area contributed by atoms with Gasteiger partial charge in [0.1, 0.15) is 0 Å². The highest BCUT2D eigenvalue weighted by atomic mass is 15.3. The largest absolute Gasteiger partial charge is 0.324 e. The smallest absolute Gasteiger partial charge is 0.0537 e. The molecule has 0 radical (unpaired) electrons. The summed E-state index contributed by atoms with van der Waals surface area (Å²) in [6.45, 7) is 4.92. The van der Waals surface area contributed by atoms with Gasteiger partial charge in [0.15, 0.2) is 0 Å². The maximum Gasteiger partial charge on any atom is 0.0537 e. The van der Waals surface area contributed by atoms with E-state index in [0.717, 1.165) is 12.1 Å². The normalized spacial score (nSPS) is 13.5. The highest BCUT2D eigenvalue weighted by Crippen LogP contribution is 2.06. The van der Waals surface area contributed by atoms with Gasteiger partial charge in [-0.1, -0.05) is 0 Å². The van der Waals surface area contributed by atoms with Crippen LogP contribution in [0.3, 0.4) is 0 Å². The molecule has 0 amide bonds. The Kier molecular flexibility index (Phi) is 2.06. The second-order valence-corrected chi connectivity index (χ2v) is 2.42. The van der Waals surface area contributed by atoms with Crippen LogP contribution in [0.1, 0.15) is 25.5 Å². The molecular weight excluding hydrogens is 126 g/mol. The second kappa shape index (κ2) is 2.84. The molecule has 0 aliphatic rings. The lowest BCUT2D eigenvalue weighted by molar-refractivity contribution is 0.658. The fourth-order valence-corrected chi connectivity index (χ4v) is 0.788. The van der Waals surface area contributed by atoms with Crippen LogP contribution in [0.2, 0.25) is 0 Å². The Morgan fingerprint density at radius 1 is 1.80 bits per heavy atom. The maximum absolute atomic E-state index is 5.63. The fraction of sp³-hybridized carbons (Fsp3) is 0.571. The maximum atomic E-state index is 5.63. The average Bonchev–Trinajstić information content (AvgIpc) is 2.34. The van der Waals surface area contributed by atoms with E-state index in [1.807, 2.05) is 24.0 Å². The topological polar surface area (TPSA) is 43.8 Å². The van der Waals surface area contributed by atoms with Gasteiger partial charge in [0.25, 0.3) is 0 Å². The van der Waals surface area contributed by atoms with Gasteiger partial charge in [0, 0.05) is 24.3 Å². The van der Waals surface area contributed by atoms with E-state index >= 15 is 0 Å². The molecule has 2 N–H and O–H groups in total. The van der Waals surface area contributed by atoms with E-state index in [2.05, 4.69) is 12.0 Å². The van der Waals surface area contributed by atoms with Crippen molar-refractivity contribution >= 4 is 0 Å². The van der Waals surface area contributed by atoms with Gasteiger partial charge < -0.3 is 5.73 Å². The number of hydrogen-bond acceptors (Lipinski definition) is 2. The van der Waals surface area contributed by atoms with E-state index in [1.54, 1.807) is 0 Å². The van der Waals surface area contributed by atoms with Crippen molar-refractivity contribution in [2.75, 3.05) is 0 Å². The van der Waals surface area contributed by atoms with Gasteiger partial charge >= 0.3 is 0 Å². The van der Waals surface area contributed by atoms with Crippen molar-refractivity contribution in [3.05, 3.63) is 18.0 Å². The van der Waals surface area contributed by atoms with Crippen molar-refractivity contribution in [2.45, 2.75) is 26.4 Å². The van der Waals surface area contributed by atoms with Crippen molar-refractivity contribution in [2.24, 2.45) is 5.73 Å². The quantitative estimate of drug-likeness (QED) is 0.662. The Bertz CT molecular complexity index is 202. The van der Waals surface area contributed by atoms with Crippen LogP contribution < -0.4 is 5.73 Å². The Morgan fingerprint density at radius 3 is 2.80 bits per heavy atom. The molecule has 0 spiro atoms. The molecule has 0 saturated carbocycles. The summed E-state index contributed by atoms with van der Waals surface area (Å²) in [5.74, 6) is 0. The summed E-state index contributed by atoms with van der Waals surface area (Å²) in [4.78, 5) is 0. The number of nitrogens with zero attached hydrogens (tertiary/aromatic N) is 2. The Balaban J connectivity index is 2.78. The summed E-state index contributed by atoms with van der Waals surface area (Å²) < 4.78 is 1.87. The molecule has 1 atom stereocenters. The van der Waals surface area contributed by atoms with Gasteiger partial charge in [0.2, 0.25) is 0 Å². The van der Waals surface area contributed by atoms with Gasteiger partial charge in [0.05, 0.1) is 6.20 Å². The lowest BCUT2D eigenvalue weighted by Gasteiger charge is -1.97. The summed E-state index contributed by atoms with van der Waals surface area (Å²) in [5, 5.41) is 4.09. The molecule has 1 aromatic heterocycles. The van der Waals surface area contributed by atoms with Crippen molar-refractivity contribution < 1.29 is 0 Å². The number of rotatable bonds is 2. The van der Waals surface area contributed by atoms with Gasteiger partial charge in [-0.05, 0) is 13.8 Å². The van der Waals surface area contributed by atoms with Crippen LogP contribution in [-0.4, -0.2) is 9.78 Å². The van der Waals surface area contributed by atoms with Crippen molar-refractivity contribution in [3.63, 3.8) is 0 Å². The summed E-state index contributed by atoms with van der Waals surface area (Å²) in [7, 11) is 0. The van der Waals surface area contributed by atoms with E-state index < -0.39 is 0 Å². The molecule has 1 rings (SSSR count). The second-order valence-electron chi connectivity index (χ2n) is 2.42.